The molecule has 3 rings (SSSR count). The zero-order valence-corrected chi connectivity index (χ0v) is 9.42. The topological polar surface area (TPSA) is 55.1 Å². The maximum atomic E-state index is 11.4. The SMILES string of the molecule is CC(N)C1(c2cccc3c2CC(=O)N3)CC1. The fourth-order valence-electron chi connectivity index (χ4n) is 2.82. The van der Waals surface area contributed by atoms with Crippen molar-refractivity contribution in [2.24, 2.45) is 5.73 Å². The molecular formula is C13H16N2O. The average Bonchev–Trinajstić information content (AvgIpc) is 2.94. The summed E-state index contributed by atoms with van der Waals surface area (Å²) in [6.07, 6.45) is 2.81. The minimum Gasteiger partial charge on any atom is -0.327 e. The smallest absolute Gasteiger partial charge is 0.228 e. The van der Waals surface area contributed by atoms with Gasteiger partial charge in [-0.2, -0.15) is 0 Å². The van der Waals surface area contributed by atoms with Crippen molar-refractivity contribution in [3.63, 3.8) is 0 Å². The number of hydrogen-bond donors (Lipinski definition) is 2. The van der Waals surface area contributed by atoms with Crippen LogP contribution in [0.25, 0.3) is 0 Å². The zero-order chi connectivity index (χ0) is 11.3. The van der Waals surface area contributed by atoms with Crippen molar-refractivity contribution < 1.29 is 4.79 Å². The number of nitrogens with one attached hydrogen (secondary N) is 1. The van der Waals surface area contributed by atoms with Crippen LogP contribution in [0.4, 0.5) is 5.69 Å². The maximum absolute atomic E-state index is 11.4. The van der Waals surface area contributed by atoms with E-state index in [-0.39, 0.29) is 17.4 Å². The number of fused-ring (bicyclic) bond motifs is 1. The third-order valence-electron chi connectivity index (χ3n) is 3.98. The Bertz CT molecular complexity index is 461. The molecule has 1 aromatic carbocycles. The Hall–Kier alpha value is -1.35. The van der Waals surface area contributed by atoms with E-state index >= 15 is 0 Å². The molecule has 0 spiro atoms. The molecule has 16 heavy (non-hydrogen) atoms. The molecule has 84 valence electrons. The first kappa shape index (κ1) is 9.85. The van der Waals surface area contributed by atoms with E-state index in [1.165, 1.54) is 11.1 Å². The highest BCUT2D eigenvalue weighted by Gasteiger charge is 2.49. The average molecular weight is 216 g/mol. The van der Waals surface area contributed by atoms with Gasteiger partial charge in [-0.3, -0.25) is 4.79 Å². The molecule has 3 nitrogen and oxygen atoms in total. The summed E-state index contributed by atoms with van der Waals surface area (Å²) < 4.78 is 0. The molecule has 1 aliphatic heterocycles. The normalized spacial score (nSPS) is 22.5. The van der Waals surface area contributed by atoms with Crippen molar-refractivity contribution in [3.05, 3.63) is 29.3 Å². The summed E-state index contributed by atoms with van der Waals surface area (Å²) in [5.74, 6) is 0.0999. The Labute approximate surface area is 95.0 Å². The highest BCUT2D eigenvalue weighted by atomic mass is 16.1. The van der Waals surface area contributed by atoms with Gasteiger partial charge in [-0.05, 0) is 37.0 Å². The summed E-state index contributed by atoms with van der Waals surface area (Å²) >= 11 is 0. The largest absolute Gasteiger partial charge is 0.327 e. The van der Waals surface area contributed by atoms with Gasteiger partial charge < -0.3 is 11.1 Å². The predicted molar refractivity (Wildman–Crippen MR) is 63.3 cm³/mol. The molecule has 3 heteroatoms. The molecule has 3 N–H and O–H groups in total. The number of hydrogen-bond acceptors (Lipinski definition) is 2. The lowest BCUT2D eigenvalue weighted by Gasteiger charge is -2.22. The lowest BCUT2D eigenvalue weighted by Crippen LogP contribution is -2.32. The van der Waals surface area contributed by atoms with Crippen molar-refractivity contribution in [1.29, 1.82) is 0 Å². The summed E-state index contributed by atoms with van der Waals surface area (Å²) in [5.41, 5.74) is 9.66. The first-order valence-corrected chi connectivity index (χ1v) is 5.81. The fraction of sp³-hybridized carbons (Fsp3) is 0.462. The number of anilines is 1. The molecule has 1 unspecified atom stereocenters. The molecule has 0 aromatic heterocycles. The van der Waals surface area contributed by atoms with Crippen LogP contribution in [-0.2, 0) is 16.6 Å². The Kier molecular flexibility index (Phi) is 1.89. The van der Waals surface area contributed by atoms with Crippen molar-refractivity contribution in [1.82, 2.24) is 0 Å². The van der Waals surface area contributed by atoms with Crippen LogP contribution in [-0.4, -0.2) is 11.9 Å². The van der Waals surface area contributed by atoms with Gasteiger partial charge in [0.15, 0.2) is 0 Å². The van der Waals surface area contributed by atoms with Crippen LogP contribution in [0, 0.1) is 0 Å². The third kappa shape index (κ3) is 1.21. The van der Waals surface area contributed by atoms with Crippen LogP contribution in [0.2, 0.25) is 0 Å². The van der Waals surface area contributed by atoms with Crippen LogP contribution < -0.4 is 11.1 Å². The second-order valence-corrected chi connectivity index (χ2v) is 5.00. The van der Waals surface area contributed by atoms with E-state index in [4.69, 9.17) is 5.73 Å². The van der Waals surface area contributed by atoms with E-state index in [0.29, 0.717) is 6.42 Å². The van der Waals surface area contributed by atoms with Gasteiger partial charge in [-0.1, -0.05) is 12.1 Å². The molecule has 0 radical (unpaired) electrons. The number of nitrogens with two attached hydrogens (primary N) is 1. The summed E-state index contributed by atoms with van der Waals surface area (Å²) in [6, 6.07) is 6.29. The second-order valence-electron chi connectivity index (χ2n) is 5.00. The molecule has 1 atom stereocenters. The summed E-state index contributed by atoms with van der Waals surface area (Å²) in [7, 11) is 0. The third-order valence-corrected chi connectivity index (χ3v) is 3.98. The Morgan fingerprint density at radius 3 is 2.81 bits per heavy atom. The lowest BCUT2D eigenvalue weighted by atomic mass is 9.85. The number of benzene rings is 1. The van der Waals surface area contributed by atoms with Gasteiger partial charge in [-0.25, -0.2) is 0 Å². The van der Waals surface area contributed by atoms with E-state index in [9.17, 15) is 4.79 Å². The first-order valence-electron chi connectivity index (χ1n) is 5.81. The standard InChI is InChI=1S/C13H16N2O/c1-8(14)13(5-6-13)10-3-2-4-11-9(10)7-12(16)15-11/h2-4,8H,5-7,14H2,1H3,(H,15,16). The van der Waals surface area contributed by atoms with Gasteiger partial charge in [0.2, 0.25) is 5.91 Å². The summed E-state index contributed by atoms with van der Waals surface area (Å²) in [5, 5.41) is 2.90. The fourth-order valence-corrected chi connectivity index (χ4v) is 2.82. The van der Waals surface area contributed by atoms with E-state index in [1.54, 1.807) is 0 Å². The van der Waals surface area contributed by atoms with Gasteiger partial charge in [0, 0.05) is 17.1 Å². The van der Waals surface area contributed by atoms with Gasteiger partial charge in [0.25, 0.3) is 0 Å². The minimum absolute atomic E-state index is 0.0999. The van der Waals surface area contributed by atoms with Gasteiger partial charge >= 0.3 is 0 Å². The van der Waals surface area contributed by atoms with Crippen LogP contribution in [0.1, 0.15) is 30.9 Å². The molecule has 1 saturated carbocycles. The second kappa shape index (κ2) is 3.08. The minimum atomic E-state index is 0.0999. The monoisotopic (exact) mass is 216 g/mol. The molecular weight excluding hydrogens is 200 g/mol. The molecule has 0 saturated heterocycles. The van der Waals surface area contributed by atoms with Crippen LogP contribution in [0.15, 0.2) is 18.2 Å². The van der Waals surface area contributed by atoms with Crippen molar-refractivity contribution in [3.8, 4) is 0 Å². The quantitative estimate of drug-likeness (QED) is 0.788. The van der Waals surface area contributed by atoms with Crippen molar-refractivity contribution >= 4 is 11.6 Å². The lowest BCUT2D eigenvalue weighted by molar-refractivity contribution is -0.115. The van der Waals surface area contributed by atoms with E-state index in [2.05, 4.69) is 18.3 Å². The number of carbonyl (C=O) groups is 1. The molecule has 1 amide bonds. The van der Waals surface area contributed by atoms with Gasteiger partial charge in [0.1, 0.15) is 0 Å². The summed E-state index contributed by atoms with van der Waals surface area (Å²) in [4.78, 5) is 11.4. The van der Waals surface area contributed by atoms with Crippen molar-refractivity contribution in [2.45, 2.75) is 37.6 Å². The van der Waals surface area contributed by atoms with E-state index < -0.39 is 0 Å². The number of amides is 1. The van der Waals surface area contributed by atoms with Crippen LogP contribution >= 0.6 is 0 Å². The molecule has 1 aliphatic carbocycles. The summed E-state index contributed by atoms with van der Waals surface area (Å²) in [6.45, 7) is 2.07. The van der Waals surface area contributed by atoms with E-state index in [0.717, 1.165) is 18.5 Å². The van der Waals surface area contributed by atoms with Crippen LogP contribution in [0.5, 0.6) is 0 Å². The Morgan fingerprint density at radius 2 is 2.19 bits per heavy atom. The molecule has 0 bridgehead atoms. The molecule has 1 heterocycles. The van der Waals surface area contributed by atoms with Crippen molar-refractivity contribution in [2.75, 3.05) is 5.32 Å². The maximum Gasteiger partial charge on any atom is 0.228 e. The molecule has 1 aromatic rings. The predicted octanol–water partition coefficient (Wildman–Crippen LogP) is 1.56. The molecule has 2 aliphatic rings. The highest BCUT2D eigenvalue weighted by Crippen LogP contribution is 2.52. The van der Waals surface area contributed by atoms with Gasteiger partial charge in [0.05, 0.1) is 6.42 Å². The Balaban J connectivity index is 2.10. The molecule has 1 fully saturated rings. The number of carbonyl (C=O) groups excluding carboxylic acids is 1. The zero-order valence-electron chi connectivity index (χ0n) is 9.42. The first-order chi connectivity index (χ1) is 7.63. The Morgan fingerprint density at radius 1 is 1.44 bits per heavy atom. The van der Waals surface area contributed by atoms with E-state index in [1.807, 2.05) is 12.1 Å². The number of rotatable bonds is 2. The van der Waals surface area contributed by atoms with Gasteiger partial charge in [-0.15, -0.1) is 0 Å². The van der Waals surface area contributed by atoms with Crippen LogP contribution in [0.3, 0.4) is 0 Å². The highest BCUT2D eigenvalue weighted by molar-refractivity contribution is 5.99.